The van der Waals surface area contributed by atoms with Crippen molar-refractivity contribution < 1.29 is 9.59 Å². The molecule has 32 heavy (non-hydrogen) atoms. The van der Waals surface area contributed by atoms with Gasteiger partial charge in [-0.3, -0.25) is 14.5 Å². The smallest absolute Gasteiger partial charge is 0.221 e. The number of piperidine rings is 1. The van der Waals surface area contributed by atoms with Crippen LogP contribution < -0.4 is 10.6 Å². The molecule has 2 aromatic rings. The van der Waals surface area contributed by atoms with Gasteiger partial charge in [0.15, 0.2) is 0 Å². The summed E-state index contributed by atoms with van der Waals surface area (Å²) in [7, 11) is 1.89. The van der Waals surface area contributed by atoms with E-state index in [1.54, 1.807) is 6.92 Å². The molecule has 2 amide bonds. The molecule has 1 fully saturated rings. The molecule has 2 aliphatic heterocycles. The molecule has 0 spiro atoms. The lowest BCUT2D eigenvalue weighted by Crippen LogP contribution is -2.37. The average molecular weight is 437 g/mol. The van der Waals surface area contributed by atoms with Crippen molar-refractivity contribution in [3.05, 3.63) is 46.9 Å². The Bertz CT molecular complexity index is 973. The molecule has 3 heterocycles. The van der Waals surface area contributed by atoms with E-state index >= 15 is 0 Å². The summed E-state index contributed by atoms with van der Waals surface area (Å²) in [6, 6.07) is 8.05. The number of aromatic nitrogens is 2. The quantitative estimate of drug-likeness (QED) is 0.749. The number of likely N-dealkylation sites (tertiary alicyclic amines) is 1. The minimum atomic E-state index is -0.0587. The first kappa shape index (κ1) is 22.2. The molecule has 0 saturated carbocycles. The third-order valence-corrected chi connectivity index (χ3v) is 6.31. The van der Waals surface area contributed by atoms with E-state index in [0.29, 0.717) is 19.0 Å². The van der Waals surface area contributed by atoms with Gasteiger partial charge >= 0.3 is 0 Å². The van der Waals surface area contributed by atoms with Gasteiger partial charge in [-0.05, 0) is 37.1 Å². The minimum Gasteiger partial charge on any atom is -0.373 e. The molecule has 4 rings (SSSR count). The van der Waals surface area contributed by atoms with Crippen molar-refractivity contribution in [3.8, 4) is 0 Å². The van der Waals surface area contributed by atoms with Gasteiger partial charge in [0.05, 0.1) is 12.2 Å². The molecule has 1 unspecified atom stereocenters. The standard InChI is InChI=1S/C24H32N6O2/c1-16(31)26-20-8-6-18(7-9-20)13-29-11-4-5-19(14-29)23-27-22-10-12-30(17(2)32)15-21(22)24(25-3)28-23/h6-9,19H,4-5,10-15H2,1-3H3,(H,26,31)(H,25,27,28). The number of nitrogens with one attached hydrogen (secondary N) is 2. The zero-order valence-corrected chi connectivity index (χ0v) is 19.1. The van der Waals surface area contributed by atoms with E-state index in [-0.39, 0.29) is 11.8 Å². The van der Waals surface area contributed by atoms with Gasteiger partial charge < -0.3 is 15.5 Å². The molecule has 1 saturated heterocycles. The van der Waals surface area contributed by atoms with Gasteiger partial charge in [-0.15, -0.1) is 0 Å². The SMILES string of the molecule is CNc1nc(C2CCCN(Cc3ccc(NC(C)=O)cc3)C2)nc2c1CN(C(C)=O)CC2. The van der Waals surface area contributed by atoms with Crippen molar-refractivity contribution >= 4 is 23.3 Å². The van der Waals surface area contributed by atoms with Crippen LogP contribution in [0, 0.1) is 0 Å². The molecule has 0 radical (unpaired) electrons. The Balaban J connectivity index is 1.46. The first-order valence-corrected chi connectivity index (χ1v) is 11.3. The van der Waals surface area contributed by atoms with Crippen LogP contribution in [0.15, 0.2) is 24.3 Å². The topological polar surface area (TPSA) is 90.5 Å². The van der Waals surface area contributed by atoms with Crippen LogP contribution >= 0.6 is 0 Å². The second-order valence-corrected chi connectivity index (χ2v) is 8.75. The fourth-order valence-corrected chi connectivity index (χ4v) is 4.66. The zero-order chi connectivity index (χ0) is 22.7. The van der Waals surface area contributed by atoms with E-state index in [1.165, 1.54) is 12.5 Å². The van der Waals surface area contributed by atoms with Crippen molar-refractivity contribution in [2.24, 2.45) is 0 Å². The molecular formula is C24H32N6O2. The number of carbonyl (C=O) groups excluding carboxylic acids is 2. The molecule has 0 aliphatic carbocycles. The van der Waals surface area contributed by atoms with Crippen molar-refractivity contribution in [2.45, 2.75) is 52.1 Å². The molecule has 0 bridgehead atoms. The number of nitrogens with zero attached hydrogens (tertiary/aromatic N) is 4. The summed E-state index contributed by atoms with van der Waals surface area (Å²) in [6.07, 6.45) is 2.97. The molecule has 8 nitrogen and oxygen atoms in total. The maximum atomic E-state index is 11.8. The summed E-state index contributed by atoms with van der Waals surface area (Å²) >= 11 is 0. The summed E-state index contributed by atoms with van der Waals surface area (Å²) in [4.78, 5) is 37.2. The average Bonchev–Trinajstić information content (AvgIpc) is 2.79. The van der Waals surface area contributed by atoms with Crippen LogP contribution in [0.5, 0.6) is 0 Å². The molecular weight excluding hydrogens is 404 g/mol. The molecule has 2 aliphatic rings. The Labute approximate surface area is 189 Å². The van der Waals surface area contributed by atoms with Crippen LogP contribution in [0.4, 0.5) is 11.5 Å². The molecule has 8 heteroatoms. The van der Waals surface area contributed by atoms with Gasteiger partial charge in [-0.1, -0.05) is 12.1 Å². The summed E-state index contributed by atoms with van der Waals surface area (Å²) in [5.74, 6) is 2.09. The lowest BCUT2D eigenvalue weighted by Gasteiger charge is -2.33. The number of rotatable bonds is 5. The van der Waals surface area contributed by atoms with Gasteiger partial charge in [0.1, 0.15) is 11.6 Å². The van der Waals surface area contributed by atoms with E-state index in [0.717, 1.165) is 67.5 Å². The zero-order valence-electron chi connectivity index (χ0n) is 19.1. The molecule has 1 atom stereocenters. The summed E-state index contributed by atoms with van der Waals surface area (Å²) in [5.41, 5.74) is 4.17. The highest BCUT2D eigenvalue weighted by Crippen LogP contribution is 2.30. The van der Waals surface area contributed by atoms with Gasteiger partial charge in [0.2, 0.25) is 11.8 Å². The fraction of sp³-hybridized carbons (Fsp3) is 0.500. The monoisotopic (exact) mass is 436 g/mol. The third-order valence-electron chi connectivity index (χ3n) is 6.31. The Morgan fingerprint density at radius 1 is 1.12 bits per heavy atom. The largest absolute Gasteiger partial charge is 0.373 e. The highest BCUT2D eigenvalue weighted by molar-refractivity contribution is 5.88. The highest BCUT2D eigenvalue weighted by atomic mass is 16.2. The first-order chi connectivity index (χ1) is 15.4. The maximum Gasteiger partial charge on any atom is 0.221 e. The van der Waals surface area contributed by atoms with Crippen LogP contribution in [0.1, 0.15) is 55.3 Å². The Kier molecular flexibility index (Phi) is 6.69. The second-order valence-electron chi connectivity index (χ2n) is 8.75. The van der Waals surface area contributed by atoms with Crippen LogP contribution in [-0.4, -0.2) is 58.3 Å². The third kappa shape index (κ3) is 5.07. The Morgan fingerprint density at radius 2 is 1.91 bits per heavy atom. The number of hydrogen-bond donors (Lipinski definition) is 2. The summed E-state index contributed by atoms with van der Waals surface area (Å²) in [5, 5.41) is 6.04. The van der Waals surface area contributed by atoms with Crippen LogP contribution in [-0.2, 0) is 29.1 Å². The molecule has 2 N–H and O–H groups in total. The fourth-order valence-electron chi connectivity index (χ4n) is 4.66. The summed E-state index contributed by atoms with van der Waals surface area (Å²) in [6.45, 7) is 7.27. The van der Waals surface area contributed by atoms with Crippen LogP contribution in [0.3, 0.4) is 0 Å². The van der Waals surface area contributed by atoms with Crippen molar-refractivity contribution in [1.29, 1.82) is 0 Å². The normalized spacial score (nSPS) is 18.7. The Morgan fingerprint density at radius 3 is 2.59 bits per heavy atom. The lowest BCUT2D eigenvalue weighted by atomic mass is 9.95. The number of amides is 2. The summed E-state index contributed by atoms with van der Waals surface area (Å²) < 4.78 is 0. The first-order valence-electron chi connectivity index (χ1n) is 11.3. The predicted octanol–water partition coefficient (Wildman–Crippen LogP) is 2.76. The minimum absolute atomic E-state index is 0.0587. The number of hydrogen-bond acceptors (Lipinski definition) is 6. The number of benzene rings is 1. The van der Waals surface area contributed by atoms with Gasteiger partial charge in [0, 0.05) is 64.1 Å². The van der Waals surface area contributed by atoms with E-state index in [2.05, 4.69) is 27.7 Å². The number of fused-ring (bicyclic) bond motifs is 1. The van der Waals surface area contributed by atoms with Crippen molar-refractivity contribution in [2.75, 3.05) is 37.3 Å². The molecule has 1 aromatic heterocycles. The lowest BCUT2D eigenvalue weighted by molar-refractivity contribution is -0.129. The molecule has 170 valence electrons. The van der Waals surface area contributed by atoms with Gasteiger partial charge in [-0.25, -0.2) is 9.97 Å². The van der Waals surface area contributed by atoms with Crippen LogP contribution in [0.25, 0.3) is 0 Å². The van der Waals surface area contributed by atoms with E-state index in [1.807, 2.05) is 24.1 Å². The van der Waals surface area contributed by atoms with E-state index in [9.17, 15) is 9.59 Å². The van der Waals surface area contributed by atoms with Gasteiger partial charge in [-0.2, -0.15) is 0 Å². The van der Waals surface area contributed by atoms with Crippen molar-refractivity contribution in [1.82, 2.24) is 19.8 Å². The maximum absolute atomic E-state index is 11.8. The van der Waals surface area contributed by atoms with Gasteiger partial charge in [0.25, 0.3) is 0 Å². The molecule has 1 aromatic carbocycles. The van der Waals surface area contributed by atoms with Crippen LogP contribution in [0.2, 0.25) is 0 Å². The Hall–Kier alpha value is -3.00. The number of carbonyl (C=O) groups is 2. The van der Waals surface area contributed by atoms with Crippen molar-refractivity contribution in [3.63, 3.8) is 0 Å². The van der Waals surface area contributed by atoms with E-state index in [4.69, 9.17) is 9.97 Å². The highest BCUT2D eigenvalue weighted by Gasteiger charge is 2.28. The van der Waals surface area contributed by atoms with E-state index < -0.39 is 0 Å². The predicted molar refractivity (Wildman–Crippen MR) is 124 cm³/mol. The number of anilines is 2. The second kappa shape index (κ2) is 9.65.